The molecule has 0 bridgehead atoms. The summed E-state index contributed by atoms with van der Waals surface area (Å²) in [6.07, 6.45) is 0. The van der Waals surface area contributed by atoms with Crippen molar-refractivity contribution in [3.05, 3.63) is 22.7 Å². The lowest BCUT2D eigenvalue weighted by Crippen LogP contribution is -2.24. The molecule has 0 radical (unpaired) electrons. The fourth-order valence-corrected chi connectivity index (χ4v) is 2.49. The summed E-state index contributed by atoms with van der Waals surface area (Å²) < 4.78 is 30.2. The molecule has 0 aliphatic heterocycles. The Balaban J connectivity index is 2.83. The molecular weight excluding hydrogens is 326 g/mol. The second-order valence-corrected chi connectivity index (χ2v) is 5.88. The normalized spacial score (nSPS) is 11.0. The first-order valence-electron chi connectivity index (χ1n) is 4.99. The van der Waals surface area contributed by atoms with Crippen LogP contribution in [0.3, 0.4) is 0 Å². The van der Waals surface area contributed by atoms with Gasteiger partial charge in [0.15, 0.2) is 11.5 Å². The fraction of sp³-hybridized carbons (Fsp3) is 0.300. The number of hydrogen-bond acceptors (Lipinski definition) is 5. The number of halogens is 1. The van der Waals surface area contributed by atoms with Crippen molar-refractivity contribution in [3.63, 3.8) is 0 Å². The van der Waals surface area contributed by atoms with Crippen LogP contribution in [0.25, 0.3) is 0 Å². The molecule has 0 fully saturated rings. The van der Waals surface area contributed by atoms with E-state index in [-0.39, 0.29) is 18.0 Å². The van der Waals surface area contributed by atoms with E-state index < -0.39 is 21.7 Å². The van der Waals surface area contributed by atoms with Gasteiger partial charge in [0.25, 0.3) is 0 Å². The topological polar surface area (TPSA) is 92.7 Å². The van der Waals surface area contributed by atoms with Gasteiger partial charge in [-0.2, -0.15) is 0 Å². The number of phenols is 1. The first-order valence-corrected chi connectivity index (χ1v) is 7.44. The van der Waals surface area contributed by atoms with Gasteiger partial charge in [-0.25, -0.2) is 8.42 Å². The van der Waals surface area contributed by atoms with Crippen LogP contribution in [0, 0.1) is 0 Å². The molecule has 1 aromatic rings. The largest absolute Gasteiger partial charge is 0.505 e. The zero-order valence-electron chi connectivity index (χ0n) is 9.51. The maximum absolute atomic E-state index is 11.6. The number of rotatable bonds is 5. The number of benzene rings is 1. The molecule has 0 spiro atoms. The molecule has 1 aromatic carbocycles. The van der Waals surface area contributed by atoms with E-state index in [4.69, 9.17) is 0 Å². The minimum atomic E-state index is -3.90. The molecule has 6 nitrogen and oxygen atoms in total. The highest BCUT2D eigenvalue weighted by atomic mass is 79.9. The van der Waals surface area contributed by atoms with Gasteiger partial charge >= 0.3 is 5.97 Å². The summed E-state index contributed by atoms with van der Waals surface area (Å²) in [5.74, 6) is -1.89. The molecule has 0 aliphatic rings. The Labute approximate surface area is 113 Å². The Morgan fingerprint density at radius 2 is 2.17 bits per heavy atom. The van der Waals surface area contributed by atoms with Crippen molar-refractivity contribution in [2.45, 2.75) is 6.92 Å². The second-order valence-electron chi connectivity index (χ2n) is 3.30. The number of para-hydroxylation sites is 1. The van der Waals surface area contributed by atoms with E-state index in [2.05, 4.69) is 25.4 Å². The Kier molecular flexibility index (Phi) is 4.97. The first kappa shape index (κ1) is 14.8. The molecule has 0 atom stereocenters. The standard InChI is InChI=1S/C10H12BrNO5S/c1-2-17-9(13)6-18(15,16)12-8-5-3-4-7(11)10(8)14/h3-5,12,14H,2,6H2,1H3. The van der Waals surface area contributed by atoms with Crippen molar-refractivity contribution in [1.29, 1.82) is 0 Å². The molecule has 1 rings (SSSR count). The van der Waals surface area contributed by atoms with E-state index in [0.29, 0.717) is 4.47 Å². The number of carbonyl (C=O) groups excluding carboxylic acids is 1. The smallest absolute Gasteiger partial charge is 0.323 e. The Morgan fingerprint density at radius 3 is 2.78 bits per heavy atom. The summed E-state index contributed by atoms with van der Waals surface area (Å²) in [4.78, 5) is 11.1. The van der Waals surface area contributed by atoms with E-state index >= 15 is 0 Å². The summed E-state index contributed by atoms with van der Waals surface area (Å²) in [6.45, 7) is 1.69. The van der Waals surface area contributed by atoms with Crippen molar-refractivity contribution in [2.75, 3.05) is 17.1 Å². The van der Waals surface area contributed by atoms with Gasteiger partial charge in [0.1, 0.15) is 0 Å². The van der Waals surface area contributed by atoms with Gasteiger partial charge in [-0.3, -0.25) is 9.52 Å². The number of phenolic OH excluding ortho intramolecular Hbond substituents is 1. The van der Waals surface area contributed by atoms with Crippen LogP contribution >= 0.6 is 15.9 Å². The van der Waals surface area contributed by atoms with Gasteiger partial charge < -0.3 is 9.84 Å². The summed E-state index contributed by atoms with van der Waals surface area (Å²) >= 11 is 3.05. The highest BCUT2D eigenvalue weighted by molar-refractivity contribution is 9.10. The van der Waals surface area contributed by atoms with Gasteiger partial charge in [-0.1, -0.05) is 6.07 Å². The SMILES string of the molecule is CCOC(=O)CS(=O)(=O)Nc1cccc(Br)c1O. The lowest BCUT2D eigenvalue weighted by atomic mass is 10.3. The number of carbonyl (C=O) groups is 1. The van der Waals surface area contributed by atoms with Crippen LogP contribution in [0.2, 0.25) is 0 Å². The Hall–Kier alpha value is -1.28. The predicted octanol–water partition coefficient (Wildman–Crippen LogP) is 1.46. The summed E-state index contributed by atoms with van der Waals surface area (Å²) in [6, 6.07) is 4.48. The van der Waals surface area contributed by atoms with Gasteiger partial charge in [-0.05, 0) is 35.0 Å². The van der Waals surface area contributed by atoms with E-state index in [1.54, 1.807) is 19.1 Å². The maximum Gasteiger partial charge on any atom is 0.323 e. The average molecular weight is 338 g/mol. The zero-order chi connectivity index (χ0) is 13.8. The number of aromatic hydroxyl groups is 1. The molecule has 100 valence electrons. The van der Waals surface area contributed by atoms with E-state index in [9.17, 15) is 18.3 Å². The van der Waals surface area contributed by atoms with Crippen molar-refractivity contribution in [2.24, 2.45) is 0 Å². The third-order valence-corrected chi connectivity index (χ3v) is 3.65. The minimum Gasteiger partial charge on any atom is -0.505 e. The van der Waals surface area contributed by atoms with Crippen LogP contribution < -0.4 is 4.72 Å². The number of esters is 1. The molecule has 0 unspecified atom stereocenters. The maximum atomic E-state index is 11.6. The number of hydrogen-bond donors (Lipinski definition) is 2. The predicted molar refractivity (Wildman–Crippen MR) is 69.8 cm³/mol. The molecule has 0 saturated heterocycles. The Morgan fingerprint density at radius 1 is 1.50 bits per heavy atom. The highest BCUT2D eigenvalue weighted by Crippen LogP contribution is 2.32. The molecule has 0 amide bonds. The van der Waals surface area contributed by atoms with E-state index in [0.717, 1.165) is 0 Å². The van der Waals surface area contributed by atoms with Crippen LogP contribution in [0.4, 0.5) is 5.69 Å². The first-order chi connectivity index (χ1) is 8.35. The second kappa shape index (κ2) is 6.05. The molecule has 0 heterocycles. The molecule has 2 N–H and O–H groups in total. The highest BCUT2D eigenvalue weighted by Gasteiger charge is 2.19. The van der Waals surface area contributed by atoms with E-state index in [1.807, 2.05) is 0 Å². The zero-order valence-corrected chi connectivity index (χ0v) is 11.9. The van der Waals surface area contributed by atoms with Crippen molar-refractivity contribution in [3.8, 4) is 5.75 Å². The van der Waals surface area contributed by atoms with Crippen LogP contribution in [-0.2, 0) is 19.6 Å². The number of ether oxygens (including phenoxy) is 1. The summed E-state index contributed by atoms with van der Waals surface area (Å²) in [5.41, 5.74) is -0.00586. The lowest BCUT2D eigenvalue weighted by molar-refractivity contribution is -0.139. The van der Waals surface area contributed by atoms with Gasteiger partial charge in [-0.15, -0.1) is 0 Å². The number of anilines is 1. The minimum absolute atomic E-state index is 0.00586. The van der Waals surface area contributed by atoms with Gasteiger partial charge in [0.05, 0.1) is 16.8 Å². The monoisotopic (exact) mass is 337 g/mol. The summed E-state index contributed by atoms with van der Waals surface area (Å²) in [5, 5.41) is 9.61. The van der Waals surface area contributed by atoms with Crippen LogP contribution in [0.1, 0.15) is 6.92 Å². The van der Waals surface area contributed by atoms with Crippen LogP contribution in [0.15, 0.2) is 22.7 Å². The quantitative estimate of drug-likeness (QED) is 0.626. The van der Waals surface area contributed by atoms with Gasteiger partial charge in [0, 0.05) is 0 Å². The fourth-order valence-electron chi connectivity index (χ4n) is 1.16. The van der Waals surface area contributed by atoms with Gasteiger partial charge in [0.2, 0.25) is 10.0 Å². The molecule has 0 aromatic heterocycles. The van der Waals surface area contributed by atoms with E-state index in [1.165, 1.54) is 6.07 Å². The van der Waals surface area contributed by atoms with Crippen molar-refractivity contribution in [1.82, 2.24) is 0 Å². The van der Waals surface area contributed by atoms with Crippen molar-refractivity contribution >= 4 is 37.6 Å². The average Bonchev–Trinajstić information content (AvgIpc) is 2.24. The molecular formula is C10H12BrNO5S. The summed E-state index contributed by atoms with van der Waals surface area (Å²) in [7, 11) is -3.90. The van der Waals surface area contributed by atoms with Crippen LogP contribution in [-0.4, -0.2) is 31.9 Å². The third-order valence-electron chi connectivity index (χ3n) is 1.87. The lowest BCUT2D eigenvalue weighted by Gasteiger charge is -2.09. The third kappa shape index (κ3) is 4.19. The molecule has 8 heteroatoms. The molecule has 0 aliphatic carbocycles. The molecule has 18 heavy (non-hydrogen) atoms. The molecule has 0 saturated carbocycles. The van der Waals surface area contributed by atoms with Crippen molar-refractivity contribution < 1.29 is 23.1 Å². The van der Waals surface area contributed by atoms with Crippen LogP contribution in [0.5, 0.6) is 5.75 Å². The number of sulfonamides is 1. The Bertz CT molecular complexity index is 543. The number of nitrogens with one attached hydrogen (secondary N) is 1.